The van der Waals surface area contributed by atoms with Crippen molar-refractivity contribution in [2.24, 2.45) is 0 Å². The molecule has 2 aromatic rings. The molecule has 0 N–H and O–H groups in total. The van der Waals surface area contributed by atoms with E-state index in [1.54, 1.807) is 6.20 Å². The number of aryl methyl sites for hydroxylation is 1. The van der Waals surface area contributed by atoms with Crippen LogP contribution in [0.15, 0.2) is 34.9 Å². The molecule has 0 saturated carbocycles. The van der Waals surface area contributed by atoms with Crippen LogP contribution < -0.4 is 0 Å². The number of aromatic nitrogens is 1. The van der Waals surface area contributed by atoms with Crippen LogP contribution in [0, 0.1) is 0 Å². The number of ketones is 1. The second-order valence-corrected chi connectivity index (χ2v) is 5.87. The van der Waals surface area contributed by atoms with Crippen molar-refractivity contribution < 1.29 is 9.21 Å². The molecule has 0 bridgehead atoms. The highest BCUT2D eigenvalue weighted by atomic mass is 35.5. The number of hydrogen-bond acceptors (Lipinski definition) is 3. The van der Waals surface area contributed by atoms with Crippen molar-refractivity contribution in [1.82, 2.24) is 4.98 Å². The van der Waals surface area contributed by atoms with Gasteiger partial charge in [0.15, 0.2) is 11.7 Å². The Bertz CT molecular complexity index is 589. The van der Waals surface area contributed by atoms with Gasteiger partial charge in [-0.2, -0.15) is 0 Å². The highest BCUT2D eigenvalue weighted by molar-refractivity contribution is 6.30. The Morgan fingerprint density at radius 3 is 2.59 bits per heavy atom. The predicted molar refractivity (Wildman–Crippen MR) is 89.0 cm³/mol. The number of oxazole rings is 1. The van der Waals surface area contributed by atoms with Crippen LogP contribution in [0.2, 0.25) is 5.02 Å². The number of rotatable bonds is 9. The van der Waals surface area contributed by atoms with Gasteiger partial charge in [0.2, 0.25) is 0 Å². The maximum atomic E-state index is 11.2. The van der Waals surface area contributed by atoms with E-state index in [0.717, 1.165) is 55.7 Å². The summed E-state index contributed by atoms with van der Waals surface area (Å²) in [6.07, 6.45) is 8.22. The van der Waals surface area contributed by atoms with Gasteiger partial charge in [-0.3, -0.25) is 4.79 Å². The van der Waals surface area contributed by atoms with Crippen LogP contribution in [0.25, 0.3) is 11.3 Å². The van der Waals surface area contributed by atoms with E-state index in [0.29, 0.717) is 17.2 Å². The van der Waals surface area contributed by atoms with E-state index in [4.69, 9.17) is 16.0 Å². The van der Waals surface area contributed by atoms with E-state index in [1.165, 1.54) is 0 Å². The Hall–Kier alpha value is -1.61. The first-order chi connectivity index (χ1) is 10.7. The fourth-order valence-corrected chi connectivity index (χ4v) is 2.43. The monoisotopic (exact) mass is 319 g/mol. The topological polar surface area (TPSA) is 43.1 Å². The minimum absolute atomic E-state index is 0.361. The molecule has 0 radical (unpaired) electrons. The first kappa shape index (κ1) is 16.8. The second-order valence-electron chi connectivity index (χ2n) is 5.43. The molecule has 1 aromatic heterocycles. The Balaban J connectivity index is 1.71. The molecule has 4 heteroatoms. The van der Waals surface area contributed by atoms with Gasteiger partial charge in [-0.25, -0.2) is 4.98 Å². The van der Waals surface area contributed by atoms with Gasteiger partial charge in [0.05, 0.1) is 6.20 Å². The SMILES string of the molecule is CCC(=O)CCCCCCc1ncc(-c2ccc(Cl)cc2)o1. The van der Waals surface area contributed by atoms with E-state index >= 15 is 0 Å². The molecule has 1 heterocycles. The Morgan fingerprint density at radius 1 is 1.14 bits per heavy atom. The average Bonchev–Trinajstić information content (AvgIpc) is 3.00. The van der Waals surface area contributed by atoms with Gasteiger partial charge in [0.1, 0.15) is 5.78 Å². The third-order valence-electron chi connectivity index (χ3n) is 3.67. The lowest BCUT2D eigenvalue weighted by atomic mass is 10.1. The summed E-state index contributed by atoms with van der Waals surface area (Å²) in [7, 11) is 0. The number of hydrogen-bond donors (Lipinski definition) is 0. The zero-order chi connectivity index (χ0) is 15.8. The number of unbranched alkanes of at least 4 members (excludes halogenated alkanes) is 3. The maximum absolute atomic E-state index is 11.2. The van der Waals surface area contributed by atoms with Crippen molar-refractivity contribution >= 4 is 17.4 Å². The quantitative estimate of drug-likeness (QED) is 0.576. The van der Waals surface area contributed by atoms with E-state index in [2.05, 4.69) is 4.98 Å². The second kappa shape index (κ2) is 8.74. The molecule has 2 rings (SSSR count). The van der Waals surface area contributed by atoms with Crippen molar-refractivity contribution in [3.8, 4) is 11.3 Å². The number of nitrogens with zero attached hydrogens (tertiary/aromatic N) is 1. The highest BCUT2D eigenvalue weighted by Crippen LogP contribution is 2.23. The molecule has 118 valence electrons. The van der Waals surface area contributed by atoms with E-state index < -0.39 is 0 Å². The number of benzene rings is 1. The molecule has 1 aromatic carbocycles. The minimum Gasteiger partial charge on any atom is -0.441 e. The van der Waals surface area contributed by atoms with Gasteiger partial charge in [0.25, 0.3) is 0 Å². The number of halogens is 1. The van der Waals surface area contributed by atoms with Crippen LogP contribution in [0.5, 0.6) is 0 Å². The summed E-state index contributed by atoms with van der Waals surface area (Å²) in [5, 5.41) is 0.713. The molecule has 0 atom stereocenters. The molecule has 3 nitrogen and oxygen atoms in total. The summed E-state index contributed by atoms with van der Waals surface area (Å²) in [4.78, 5) is 15.5. The summed E-state index contributed by atoms with van der Waals surface area (Å²) >= 11 is 5.88. The van der Waals surface area contributed by atoms with E-state index in [1.807, 2.05) is 31.2 Å². The van der Waals surface area contributed by atoms with Crippen LogP contribution in [0.1, 0.15) is 51.3 Å². The molecule has 0 fully saturated rings. The summed E-state index contributed by atoms with van der Waals surface area (Å²) in [6.45, 7) is 1.92. The molecule has 22 heavy (non-hydrogen) atoms. The molecule has 0 spiro atoms. The standard InChI is InChI=1S/C18H22ClNO2/c1-2-16(21)7-5-3-4-6-8-18-20-13-17(22-18)14-9-11-15(19)12-10-14/h9-13H,2-8H2,1H3. The van der Waals surface area contributed by atoms with Gasteiger partial charge in [-0.1, -0.05) is 31.4 Å². The summed E-state index contributed by atoms with van der Waals surface area (Å²) in [6, 6.07) is 7.54. The first-order valence-corrected chi connectivity index (χ1v) is 8.29. The van der Waals surface area contributed by atoms with E-state index in [9.17, 15) is 4.79 Å². The largest absolute Gasteiger partial charge is 0.441 e. The van der Waals surface area contributed by atoms with Crippen LogP contribution in [-0.2, 0) is 11.2 Å². The highest BCUT2D eigenvalue weighted by Gasteiger charge is 2.06. The van der Waals surface area contributed by atoms with Gasteiger partial charge in [0, 0.05) is 29.8 Å². The van der Waals surface area contributed by atoms with E-state index in [-0.39, 0.29) is 0 Å². The van der Waals surface area contributed by atoms with Crippen molar-refractivity contribution in [2.45, 2.75) is 51.9 Å². The molecular weight excluding hydrogens is 298 g/mol. The van der Waals surface area contributed by atoms with Crippen LogP contribution in [0.3, 0.4) is 0 Å². The maximum Gasteiger partial charge on any atom is 0.194 e. The molecule has 0 saturated heterocycles. The zero-order valence-electron chi connectivity index (χ0n) is 13.0. The number of carbonyl (C=O) groups excluding carboxylic acids is 1. The van der Waals surface area contributed by atoms with Gasteiger partial charge in [-0.05, 0) is 37.1 Å². The lowest BCUT2D eigenvalue weighted by molar-refractivity contribution is -0.118. The van der Waals surface area contributed by atoms with Crippen LogP contribution >= 0.6 is 11.6 Å². The van der Waals surface area contributed by atoms with Crippen molar-refractivity contribution in [1.29, 1.82) is 0 Å². The number of Topliss-reactive ketones (excluding diaryl/α,β-unsaturated/α-hetero) is 1. The van der Waals surface area contributed by atoms with Crippen molar-refractivity contribution in [3.63, 3.8) is 0 Å². The Morgan fingerprint density at radius 2 is 1.86 bits per heavy atom. The fraction of sp³-hybridized carbons (Fsp3) is 0.444. The predicted octanol–water partition coefficient (Wildman–Crippen LogP) is 5.47. The molecule has 0 amide bonds. The molecule has 0 unspecified atom stereocenters. The Labute approximate surface area is 136 Å². The van der Waals surface area contributed by atoms with Crippen LogP contribution in [0.4, 0.5) is 0 Å². The zero-order valence-corrected chi connectivity index (χ0v) is 13.7. The normalized spacial score (nSPS) is 10.8. The fourth-order valence-electron chi connectivity index (χ4n) is 2.30. The Kier molecular flexibility index (Phi) is 6.66. The average molecular weight is 320 g/mol. The van der Waals surface area contributed by atoms with Gasteiger partial charge >= 0.3 is 0 Å². The first-order valence-electron chi connectivity index (χ1n) is 7.91. The summed E-state index contributed by atoms with van der Waals surface area (Å²) in [5.74, 6) is 1.91. The lowest BCUT2D eigenvalue weighted by Crippen LogP contribution is -1.94. The number of carbonyl (C=O) groups is 1. The summed E-state index contributed by atoms with van der Waals surface area (Å²) in [5.41, 5.74) is 0.987. The molecule has 0 aliphatic carbocycles. The molecule has 0 aliphatic heterocycles. The van der Waals surface area contributed by atoms with Crippen LogP contribution in [-0.4, -0.2) is 10.8 Å². The van der Waals surface area contributed by atoms with Gasteiger partial charge in [-0.15, -0.1) is 0 Å². The minimum atomic E-state index is 0.361. The third kappa shape index (κ3) is 5.30. The van der Waals surface area contributed by atoms with Crippen molar-refractivity contribution in [3.05, 3.63) is 41.4 Å². The third-order valence-corrected chi connectivity index (χ3v) is 3.92. The molecule has 0 aliphatic rings. The molecular formula is C18H22ClNO2. The smallest absolute Gasteiger partial charge is 0.194 e. The lowest BCUT2D eigenvalue weighted by Gasteiger charge is -1.99. The summed E-state index contributed by atoms with van der Waals surface area (Å²) < 4.78 is 5.76. The van der Waals surface area contributed by atoms with Crippen molar-refractivity contribution in [2.75, 3.05) is 0 Å². The van der Waals surface area contributed by atoms with Gasteiger partial charge < -0.3 is 4.42 Å².